The minimum absolute atomic E-state index is 0. The van der Waals surface area contributed by atoms with Gasteiger partial charge >= 0.3 is 24.8 Å². The number of rotatable bonds is 1. The fourth-order valence-electron chi connectivity index (χ4n) is 1.42. The Kier molecular flexibility index (Phi) is 3.73. The van der Waals surface area contributed by atoms with Gasteiger partial charge in [-0.1, -0.05) is 0 Å². The molecule has 0 bridgehead atoms. The summed E-state index contributed by atoms with van der Waals surface area (Å²) in [6.45, 7) is 1.77. The second-order valence-corrected chi connectivity index (χ2v) is 4.27. The van der Waals surface area contributed by atoms with Gasteiger partial charge in [0, 0.05) is 18.0 Å². The maximum atomic E-state index is 10.6. The maximum absolute atomic E-state index is 10.6. The van der Waals surface area contributed by atoms with Gasteiger partial charge < -0.3 is 10.0 Å². The van der Waals surface area contributed by atoms with E-state index >= 15 is 0 Å². The number of carboxylic acid groups (broad SMARTS) is 1. The molecule has 1 aliphatic heterocycles. The van der Waals surface area contributed by atoms with Crippen molar-refractivity contribution in [2.75, 3.05) is 13.6 Å². The average molecular weight is 206 g/mol. The van der Waals surface area contributed by atoms with Gasteiger partial charge in [-0.25, -0.2) is 9.78 Å². The molecule has 0 saturated heterocycles. The summed E-state index contributed by atoms with van der Waals surface area (Å²) in [6.07, 6.45) is 0.927. The number of aromatic nitrogens is 1. The molecule has 4 nitrogen and oxygen atoms in total. The van der Waals surface area contributed by atoms with Crippen LogP contribution >= 0.6 is 11.3 Å². The summed E-state index contributed by atoms with van der Waals surface area (Å²) in [7, 11) is 2.02. The monoisotopic (exact) mass is 206 g/mol. The van der Waals surface area contributed by atoms with Gasteiger partial charge in [-0.05, 0) is 13.5 Å². The predicted octanol–water partition coefficient (Wildman–Crippen LogP) is 0.181. The van der Waals surface area contributed by atoms with Crippen LogP contribution < -0.4 is 0 Å². The summed E-state index contributed by atoms with van der Waals surface area (Å²) in [5.74, 6) is -0.915. The molecule has 2 heterocycles. The Balaban J connectivity index is 0.000000980. The van der Waals surface area contributed by atoms with Crippen molar-refractivity contribution in [3.05, 3.63) is 15.6 Å². The van der Waals surface area contributed by atoms with Crippen molar-refractivity contribution in [2.24, 2.45) is 0 Å². The zero-order chi connectivity index (χ0) is 9.42. The molecule has 0 atom stereocenters. The number of likely N-dealkylation sites (N-methyl/N-ethyl adjacent to an activating group) is 1. The molecule has 1 aromatic rings. The van der Waals surface area contributed by atoms with E-state index in [1.165, 1.54) is 11.3 Å². The second kappa shape index (κ2) is 4.45. The van der Waals surface area contributed by atoms with Crippen LogP contribution in [0.3, 0.4) is 0 Å². The molecule has 0 saturated carbocycles. The zero-order valence-electron chi connectivity index (χ0n) is 7.28. The molecule has 2 rings (SSSR count). The quantitative estimate of drug-likeness (QED) is 0.666. The van der Waals surface area contributed by atoms with E-state index in [2.05, 4.69) is 9.88 Å². The van der Waals surface area contributed by atoms with Gasteiger partial charge in [-0.3, -0.25) is 0 Å². The molecule has 0 spiro atoms. The summed E-state index contributed by atoms with van der Waals surface area (Å²) in [5.41, 5.74) is 0.941. The van der Waals surface area contributed by atoms with E-state index in [1.807, 2.05) is 7.05 Å². The molecule has 1 aliphatic rings. The van der Waals surface area contributed by atoms with Crippen molar-refractivity contribution in [1.29, 1.82) is 0 Å². The molecule has 72 valence electrons. The van der Waals surface area contributed by atoms with E-state index < -0.39 is 5.97 Å². The molecule has 6 heteroatoms. The van der Waals surface area contributed by atoms with Crippen LogP contribution in [0.2, 0.25) is 0 Å². The molecule has 0 unspecified atom stereocenters. The number of aromatic carboxylic acids is 1. The summed E-state index contributed by atoms with van der Waals surface area (Å²) in [4.78, 5) is 18.0. The summed E-state index contributed by atoms with van der Waals surface area (Å²) >= 11 is 1.31. The van der Waals surface area contributed by atoms with Gasteiger partial charge in [0.05, 0.1) is 5.69 Å². The third-order valence-electron chi connectivity index (χ3n) is 2.10. The van der Waals surface area contributed by atoms with Crippen LogP contribution in [0.25, 0.3) is 0 Å². The molecule has 0 amide bonds. The van der Waals surface area contributed by atoms with Crippen LogP contribution in [0, 0.1) is 0 Å². The third-order valence-corrected chi connectivity index (χ3v) is 3.25. The molecule has 0 aromatic carbocycles. The van der Waals surface area contributed by atoms with Gasteiger partial charge in [0.15, 0.2) is 0 Å². The summed E-state index contributed by atoms with van der Waals surface area (Å²) in [5, 5.41) is 8.96. The van der Waals surface area contributed by atoms with E-state index in [9.17, 15) is 4.79 Å². The zero-order valence-corrected chi connectivity index (χ0v) is 8.10. The van der Waals surface area contributed by atoms with E-state index in [4.69, 9.17) is 5.11 Å². The van der Waals surface area contributed by atoms with Crippen LogP contribution in [-0.4, -0.2) is 53.4 Å². The van der Waals surface area contributed by atoms with Gasteiger partial charge in [0.25, 0.3) is 0 Å². The Hall–Kier alpha value is -0.343. The molecule has 0 fully saturated rings. The molecule has 1 aromatic heterocycles. The molecular weight excluding hydrogens is 195 g/mol. The number of hydrogen-bond donors (Lipinski definition) is 1. The Morgan fingerprint density at radius 1 is 1.64 bits per heavy atom. The second-order valence-electron chi connectivity index (χ2n) is 3.18. The Labute approximate surface area is 98.1 Å². The van der Waals surface area contributed by atoms with Crippen molar-refractivity contribution in [2.45, 2.75) is 13.0 Å². The molecule has 0 radical (unpaired) electrons. The van der Waals surface area contributed by atoms with E-state index in [1.54, 1.807) is 0 Å². The van der Waals surface area contributed by atoms with Crippen molar-refractivity contribution in [3.8, 4) is 0 Å². The SMILES string of the molecule is CN1CCc2sc(C(=O)O)nc2C1.[LiH]. The minimum atomic E-state index is -0.915. The van der Waals surface area contributed by atoms with Crippen LogP contribution in [0.4, 0.5) is 0 Å². The molecule has 0 aliphatic carbocycles. The van der Waals surface area contributed by atoms with Crippen molar-refractivity contribution in [1.82, 2.24) is 9.88 Å². The number of fused-ring (bicyclic) bond motifs is 1. The number of nitrogens with zero attached hydrogens (tertiary/aromatic N) is 2. The van der Waals surface area contributed by atoms with Gasteiger partial charge in [-0.15, -0.1) is 11.3 Å². The van der Waals surface area contributed by atoms with Crippen molar-refractivity contribution in [3.63, 3.8) is 0 Å². The molecule has 1 N–H and O–H groups in total. The Morgan fingerprint density at radius 2 is 2.36 bits per heavy atom. The first kappa shape index (κ1) is 11.7. The summed E-state index contributed by atoms with van der Waals surface area (Å²) in [6, 6.07) is 0. The Morgan fingerprint density at radius 3 is 3.00 bits per heavy atom. The van der Waals surface area contributed by atoms with Crippen LogP contribution in [0.15, 0.2) is 0 Å². The fraction of sp³-hybridized carbons (Fsp3) is 0.500. The van der Waals surface area contributed by atoms with E-state index in [-0.39, 0.29) is 23.9 Å². The summed E-state index contributed by atoms with van der Waals surface area (Å²) < 4.78 is 0. The van der Waals surface area contributed by atoms with Crippen molar-refractivity contribution >= 4 is 36.2 Å². The Bertz CT molecular complexity index is 353. The number of thiazole rings is 1. The van der Waals surface area contributed by atoms with Crippen LogP contribution in [-0.2, 0) is 13.0 Å². The topological polar surface area (TPSA) is 53.4 Å². The molecule has 14 heavy (non-hydrogen) atoms. The van der Waals surface area contributed by atoms with Crippen LogP contribution in [0.1, 0.15) is 20.4 Å². The normalized spacial score (nSPS) is 15.8. The van der Waals surface area contributed by atoms with Gasteiger partial charge in [0.2, 0.25) is 5.01 Å². The number of carbonyl (C=O) groups is 1. The first-order valence-electron chi connectivity index (χ1n) is 4.07. The first-order chi connectivity index (χ1) is 6.16. The van der Waals surface area contributed by atoms with Gasteiger partial charge in [-0.2, -0.15) is 0 Å². The third kappa shape index (κ3) is 2.18. The van der Waals surface area contributed by atoms with Crippen molar-refractivity contribution < 1.29 is 9.90 Å². The molecular formula is C8H11LiN2O2S. The van der Waals surface area contributed by atoms with E-state index in [0.29, 0.717) is 0 Å². The van der Waals surface area contributed by atoms with Crippen LogP contribution in [0.5, 0.6) is 0 Å². The fourth-order valence-corrected chi connectivity index (χ4v) is 2.32. The van der Waals surface area contributed by atoms with Gasteiger partial charge in [0.1, 0.15) is 0 Å². The number of carboxylic acids is 1. The first-order valence-corrected chi connectivity index (χ1v) is 4.89. The standard InChI is InChI=1S/C8H10N2O2S.Li.H/c1-10-3-2-6-5(4-10)9-7(13-6)8(11)12;;/h2-4H2,1H3,(H,11,12);;. The number of hydrogen-bond acceptors (Lipinski definition) is 4. The average Bonchev–Trinajstić information content (AvgIpc) is 2.46. The predicted molar refractivity (Wildman–Crippen MR) is 56.3 cm³/mol. The van der Waals surface area contributed by atoms with E-state index in [0.717, 1.165) is 30.1 Å².